The van der Waals surface area contributed by atoms with Crippen molar-refractivity contribution < 1.29 is 24.6 Å². The number of nitrogens with zero attached hydrogens (tertiary/aromatic N) is 2. The summed E-state index contributed by atoms with van der Waals surface area (Å²) < 4.78 is 0. The molecular formula is C24H17N3O5S. The van der Waals surface area contributed by atoms with Gasteiger partial charge < -0.3 is 15.5 Å². The number of carbonyl (C=O) groups excluding carboxylic acids is 1. The van der Waals surface area contributed by atoms with Crippen LogP contribution in [0.4, 0.5) is 5.69 Å². The van der Waals surface area contributed by atoms with E-state index in [4.69, 9.17) is 0 Å². The second-order valence-electron chi connectivity index (χ2n) is 6.95. The highest BCUT2D eigenvalue weighted by molar-refractivity contribution is 8.00. The summed E-state index contributed by atoms with van der Waals surface area (Å²) in [4.78, 5) is 43.8. The van der Waals surface area contributed by atoms with Crippen LogP contribution in [0.15, 0.2) is 78.0 Å². The van der Waals surface area contributed by atoms with Crippen molar-refractivity contribution in [3.8, 4) is 11.3 Å². The molecule has 0 fully saturated rings. The number of carboxylic acid groups (broad SMARTS) is 2. The Kier molecular flexibility index (Phi) is 6.32. The lowest BCUT2D eigenvalue weighted by Crippen LogP contribution is -2.14. The molecule has 2 aromatic carbocycles. The summed E-state index contributed by atoms with van der Waals surface area (Å²) in [5, 5.41) is 22.3. The Hall–Kier alpha value is -4.24. The van der Waals surface area contributed by atoms with Crippen molar-refractivity contribution >= 4 is 46.2 Å². The van der Waals surface area contributed by atoms with Crippen LogP contribution in [0.2, 0.25) is 0 Å². The van der Waals surface area contributed by atoms with E-state index < -0.39 is 11.9 Å². The van der Waals surface area contributed by atoms with Crippen LogP contribution in [-0.2, 0) is 4.79 Å². The summed E-state index contributed by atoms with van der Waals surface area (Å²) in [7, 11) is 0. The number of thioether (sulfide) groups is 1. The predicted molar refractivity (Wildman–Crippen MR) is 125 cm³/mol. The van der Waals surface area contributed by atoms with E-state index in [1.165, 1.54) is 24.4 Å². The van der Waals surface area contributed by atoms with Crippen LogP contribution >= 0.6 is 11.8 Å². The minimum Gasteiger partial charge on any atom is -0.478 e. The zero-order valence-corrected chi connectivity index (χ0v) is 17.9. The number of nitrogens with one attached hydrogen (secondary N) is 1. The Labute approximate surface area is 192 Å². The number of rotatable bonds is 7. The highest BCUT2D eigenvalue weighted by Crippen LogP contribution is 2.26. The van der Waals surface area contributed by atoms with Crippen molar-refractivity contribution in [2.24, 2.45) is 0 Å². The van der Waals surface area contributed by atoms with E-state index in [-0.39, 0.29) is 27.8 Å². The Balaban J connectivity index is 1.47. The molecule has 2 heterocycles. The zero-order chi connectivity index (χ0) is 23.4. The van der Waals surface area contributed by atoms with Crippen molar-refractivity contribution in [1.82, 2.24) is 9.97 Å². The van der Waals surface area contributed by atoms with Gasteiger partial charge in [0.2, 0.25) is 5.91 Å². The van der Waals surface area contributed by atoms with E-state index in [9.17, 15) is 24.6 Å². The highest BCUT2D eigenvalue weighted by atomic mass is 32.2. The molecule has 0 spiro atoms. The number of carboxylic acids is 2. The Morgan fingerprint density at radius 2 is 1.61 bits per heavy atom. The SMILES string of the molecule is O=C(CSc1ncccc1C(=O)O)Nc1ccc(-c2cc(C(=O)O)c3ccccc3n2)cc1. The first-order valence-corrected chi connectivity index (χ1v) is 10.8. The third-order valence-corrected chi connectivity index (χ3v) is 5.76. The Morgan fingerprint density at radius 1 is 0.879 bits per heavy atom. The quantitative estimate of drug-likeness (QED) is 0.346. The van der Waals surface area contributed by atoms with E-state index in [1.54, 1.807) is 48.5 Å². The summed E-state index contributed by atoms with van der Waals surface area (Å²) in [5.74, 6) is -2.45. The Bertz CT molecular complexity index is 1370. The van der Waals surface area contributed by atoms with Crippen LogP contribution in [0.1, 0.15) is 20.7 Å². The molecule has 4 aromatic rings. The second-order valence-corrected chi connectivity index (χ2v) is 7.92. The van der Waals surface area contributed by atoms with Crippen molar-refractivity contribution in [1.29, 1.82) is 0 Å². The molecule has 2 aromatic heterocycles. The molecule has 3 N–H and O–H groups in total. The standard InChI is InChI=1S/C24H17N3O5S/c28-21(13-33-22-17(23(29)30)5-3-11-25-22)26-15-9-7-14(8-10-15)20-12-18(24(31)32)16-4-1-2-6-19(16)27-20/h1-12H,13H2,(H,26,28)(H,29,30)(H,31,32). The van der Waals surface area contributed by atoms with Crippen LogP contribution in [0.25, 0.3) is 22.2 Å². The van der Waals surface area contributed by atoms with Crippen LogP contribution in [0.5, 0.6) is 0 Å². The van der Waals surface area contributed by atoms with Crippen LogP contribution in [0, 0.1) is 0 Å². The summed E-state index contributed by atoms with van der Waals surface area (Å²) in [6.45, 7) is 0. The molecule has 8 nitrogen and oxygen atoms in total. The number of pyridine rings is 2. The first kappa shape index (κ1) is 22.0. The van der Waals surface area contributed by atoms with Gasteiger partial charge in [-0.05, 0) is 36.4 Å². The van der Waals surface area contributed by atoms with Gasteiger partial charge in [0.1, 0.15) is 5.03 Å². The summed E-state index contributed by atoms with van der Waals surface area (Å²) in [5.41, 5.74) is 2.55. The fourth-order valence-electron chi connectivity index (χ4n) is 3.22. The maximum Gasteiger partial charge on any atom is 0.338 e. The molecule has 0 saturated heterocycles. The molecule has 0 aliphatic rings. The minimum atomic E-state index is -1.10. The molecule has 1 amide bonds. The number of fused-ring (bicyclic) bond motifs is 1. The number of aromatic carboxylic acids is 2. The molecule has 33 heavy (non-hydrogen) atoms. The fraction of sp³-hybridized carbons (Fsp3) is 0.0417. The molecule has 9 heteroatoms. The monoisotopic (exact) mass is 459 g/mol. The van der Waals surface area contributed by atoms with E-state index in [0.717, 1.165) is 11.8 Å². The molecule has 0 bridgehead atoms. The third-order valence-electron chi connectivity index (χ3n) is 4.75. The smallest absolute Gasteiger partial charge is 0.338 e. The first-order valence-electron chi connectivity index (χ1n) is 9.77. The number of anilines is 1. The second kappa shape index (κ2) is 9.49. The number of para-hydroxylation sites is 1. The lowest BCUT2D eigenvalue weighted by molar-refractivity contribution is -0.113. The van der Waals surface area contributed by atoms with E-state index >= 15 is 0 Å². The number of amides is 1. The topological polar surface area (TPSA) is 129 Å². The molecule has 0 saturated carbocycles. The molecular weight excluding hydrogens is 442 g/mol. The van der Waals surface area contributed by atoms with Crippen molar-refractivity contribution in [2.75, 3.05) is 11.1 Å². The van der Waals surface area contributed by atoms with Crippen molar-refractivity contribution in [3.05, 3.63) is 84.1 Å². The maximum atomic E-state index is 12.3. The number of carbonyl (C=O) groups is 3. The molecule has 0 radical (unpaired) electrons. The largest absolute Gasteiger partial charge is 0.478 e. The van der Waals surface area contributed by atoms with Gasteiger partial charge in [0.25, 0.3) is 0 Å². The van der Waals surface area contributed by atoms with Gasteiger partial charge in [-0.15, -0.1) is 0 Å². The van der Waals surface area contributed by atoms with Gasteiger partial charge in [0.15, 0.2) is 0 Å². The summed E-state index contributed by atoms with van der Waals surface area (Å²) in [6.07, 6.45) is 1.47. The van der Waals surface area contributed by atoms with Gasteiger partial charge in [-0.3, -0.25) is 4.79 Å². The fourth-order valence-corrected chi connectivity index (χ4v) is 4.01. The van der Waals surface area contributed by atoms with Gasteiger partial charge in [0.05, 0.1) is 28.1 Å². The molecule has 0 aliphatic carbocycles. The van der Waals surface area contributed by atoms with Gasteiger partial charge >= 0.3 is 11.9 Å². The van der Waals surface area contributed by atoms with Crippen LogP contribution in [0.3, 0.4) is 0 Å². The first-order chi connectivity index (χ1) is 15.9. The molecule has 0 unspecified atom stereocenters. The predicted octanol–water partition coefficient (Wildman–Crippen LogP) is 4.42. The highest BCUT2D eigenvalue weighted by Gasteiger charge is 2.14. The van der Waals surface area contributed by atoms with E-state index in [0.29, 0.717) is 27.8 Å². The number of aromatic nitrogens is 2. The van der Waals surface area contributed by atoms with E-state index in [1.807, 2.05) is 0 Å². The normalized spacial score (nSPS) is 10.7. The number of hydrogen-bond donors (Lipinski definition) is 3. The molecule has 4 rings (SSSR count). The van der Waals surface area contributed by atoms with Crippen molar-refractivity contribution in [2.45, 2.75) is 5.03 Å². The van der Waals surface area contributed by atoms with Crippen molar-refractivity contribution in [3.63, 3.8) is 0 Å². The average molecular weight is 459 g/mol. The molecule has 0 aliphatic heterocycles. The van der Waals surface area contributed by atoms with Gasteiger partial charge in [-0.25, -0.2) is 19.6 Å². The molecule has 0 atom stereocenters. The Morgan fingerprint density at radius 3 is 2.33 bits per heavy atom. The van der Waals surface area contributed by atoms with Crippen LogP contribution < -0.4 is 5.32 Å². The number of benzene rings is 2. The van der Waals surface area contributed by atoms with Gasteiger partial charge in [-0.1, -0.05) is 42.1 Å². The van der Waals surface area contributed by atoms with Gasteiger partial charge in [-0.2, -0.15) is 0 Å². The lowest BCUT2D eigenvalue weighted by atomic mass is 10.0. The summed E-state index contributed by atoms with van der Waals surface area (Å²) in [6, 6.07) is 18.4. The maximum absolute atomic E-state index is 12.3. The van der Waals surface area contributed by atoms with Crippen LogP contribution in [-0.4, -0.2) is 43.8 Å². The minimum absolute atomic E-state index is 0.00670. The molecule has 164 valence electrons. The lowest BCUT2D eigenvalue weighted by Gasteiger charge is -2.09. The number of hydrogen-bond acceptors (Lipinski definition) is 6. The zero-order valence-electron chi connectivity index (χ0n) is 17.1. The van der Waals surface area contributed by atoms with Gasteiger partial charge in [0, 0.05) is 22.8 Å². The third kappa shape index (κ3) is 4.99. The van der Waals surface area contributed by atoms with E-state index in [2.05, 4.69) is 15.3 Å². The summed E-state index contributed by atoms with van der Waals surface area (Å²) >= 11 is 1.04. The average Bonchev–Trinajstić information content (AvgIpc) is 2.82.